The summed E-state index contributed by atoms with van der Waals surface area (Å²) in [6.07, 6.45) is 0. The fourth-order valence-electron chi connectivity index (χ4n) is 8.90. The second-order valence-electron chi connectivity index (χ2n) is 14.5. The van der Waals surface area contributed by atoms with Crippen molar-refractivity contribution in [1.29, 1.82) is 0 Å². The second kappa shape index (κ2) is 12.9. The third-order valence-corrected chi connectivity index (χ3v) is 11.4. The standard InChI is InChI=1S/C53H34N2O/c1-3-15-36(16-4-1)52-54-48(34-49(55-52)43-22-8-7-19-40(43)37-29-32-51-45(33-37)44-23-11-14-26-50(44)56-51)35-27-30-39(31-28-35)53(38-17-5-2-6-18-38)46-24-12-9-20-41(46)42-21-10-13-25-47(42)53/h1-34H. The van der Waals surface area contributed by atoms with Gasteiger partial charge in [0.1, 0.15) is 11.2 Å². The van der Waals surface area contributed by atoms with Crippen LogP contribution in [-0.4, -0.2) is 9.97 Å². The number of para-hydroxylation sites is 1. The molecule has 0 atom stereocenters. The number of hydrogen-bond acceptors (Lipinski definition) is 3. The summed E-state index contributed by atoms with van der Waals surface area (Å²) < 4.78 is 6.17. The van der Waals surface area contributed by atoms with E-state index < -0.39 is 5.41 Å². The molecule has 0 N–H and O–H groups in total. The zero-order valence-corrected chi connectivity index (χ0v) is 30.4. The molecule has 0 aliphatic heterocycles. The summed E-state index contributed by atoms with van der Waals surface area (Å²) in [5.41, 5.74) is 15.9. The molecule has 3 heteroatoms. The van der Waals surface area contributed by atoms with E-state index in [0.29, 0.717) is 5.82 Å². The summed E-state index contributed by atoms with van der Waals surface area (Å²) in [6, 6.07) is 73.3. The molecule has 0 amide bonds. The molecule has 1 aliphatic carbocycles. The Labute approximate surface area is 325 Å². The van der Waals surface area contributed by atoms with E-state index >= 15 is 0 Å². The molecule has 8 aromatic carbocycles. The second-order valence-corrected chi connectivity index (χ2v) is 14.5. The molecule has 0 unspecified atom stereocenters. The molecule has 2 heterocycles. The van der Waals surface area contributed by atoms with Gasteiger partial charge in [0, 0.05) is 27.5 Å². The smallest absolute Gasteiger partial charge is 0.160 e. The number of benzene rings is 8. The highest BCUT2D eigenvalue weighted by Gasteiger charge is 2.45. The van der Waals surface area contributed by atoms with Gasteiger partial charge in [0.2, 0.25) is 0 Å². The van der Waals surface area contributed by atoms with Crippen LogP contribution in [0.4, 0.5) is 0 Å². The van der Waals surface area contributed by atoms with Gasteiger partial charge in [-0.2, -0.15) is 0 Å². The van der Waals surface area contributed by atoms with Crippen LogP contribution >= 0.6 is 0 Å². The van der Waals surface area contributed by atoms with Gasteiger partial charge in [-0.25, -0.2) is 9.97 Å². The first-order valence-corrected chi connectivity index (χ1v) is 19.1. The average molecular weight is 715 g/mol. The Morgan fingerprint density at radius 2 is 0.875 bits per heavy atom. The maximum atomic E-state index is 6.17. The van der Waals surface area contributed by atoms with E-state index in [1.807, 2.05) is 30.3 Å². The summed E-state index contributed by atoms with van der Waals surface area (Å²) in [7, 11) is 0. The van der Waals surface area contributed by atoms with Crippen LogP contribution < -0.4 is 0 Å². The molecular formula is C53H34N2O. The van der Waals surface area contributed by atoms with Gasteiger partial charge in [0.05, 0.1) is 16.8 Å². The maximum absolute atomic E-state index is 6.17. The van der Waals surface area contributed by atoms with Gasteiger partial charge < -0.3 is 4.42 Å². The molecule has 56 heavy (non-hydrogen) atoms. The molecule has 11 rings (SSSR count). The zero-order valence-electron chi connectivity index (χ0n) is 30.4. The first-order valence-electron chi connectivity index (χ1n) is 19.1. The largest absolute Gasteiger partial charge is 0.456 e. The van der Waals surface area contributed by atoms with Gasteiger partial charge in [-0.15, -0.1) is 0 Å². The van der Waals surface area contributed by atoms with Crippen molar-refractivity contribution >= 4 is 21.9 Å². The third kappa shape index (κ3) is 4.98. The quantitative estimate of drug-likeness (QED) is 0.172. The molecule has 262 valence electrons. The normalized spacial score (nSPS) is 12.8. The van der Waals surface area contributed by atoms with E-state index in [1.54, 1.807) is 0 Å². The van der Waals surface area contributed by atoms with Crippen molar-refractivity contribution in [3.8, 4) is 56.2 Å². The Bertz CT molecular complexity index is 3030. The van der Waals surface area contributed by atoms with E-state index in [4.69, 9.17) is 14.4 Å². The molecule has 0 fully saturated rings. The molecule has 10 aromatic rings. The monoisotopic (exact) mass is 714 g/mol. The minimum Gasteiger partial charge on any atom is -0.456 e. The van der Waals surface area contributed by atoms with E-state index in [1.165, 1.54) is 33.4 Å². The fraction of sp³-hybridized carbons (Fsp3) is 0.0189. The minimum atomic E-state index is -0.459. The van der Waals surface area contributed by atoms with Gasteiger partial charge >= 0.3 is 0 Å². The van der Waals surface area contributed by atoms with E-state index in [-0.39, 0.29) is 0 Å². The van der Waals surface area contributed by atoms with Crippen molar-refractivity contribution < 1.29 is 4.42 Å². The number of rotatable bonds is 6. The summed E-state index contributed by atoms with van der Waals surface area (Å²) >= 11 is 0. The van der Waals surface area contributed by atoms with Crippen LogP contribution in [0.25, 0.3) is 78.1 Å². The Morgan fingerprint density at radius 1 is 0.339 bits per heavy atom. The number of nitrogens with zero attached hydrogens (tertiary/aromatic N) is 2. The van der Waals surface area contributed by atoms with Crippen molar-refractivity contribution in [2.24, 2.45) is 0 Å². The predicted octanol–water partition coefficient (Wildman–Crippen LogP) is 13.4. The summed E-state index contributed by atoms with van der Waals surface area (Å²) in [6.45, 7) is 0. The lowest BCUT2D eigenvalue weighted by Gasteiger charge is -2.34. The number of furan rings is 1. The van der Waals surface area contributed by atoms with Gasteiger partial charge in [0.25, 0.3) is 0 Å². The molecule has 0 radical (unpaired) electrons. The highest BCUT2D eigenvalue weighted by Crippen LogP contribution is 2.56. The van der Waals surface area contributed by atoms with E-state index in [2.05, 4.69) is 176 Å². The van der Waals surface area contributed by atoms with Crippen LogP contribution in [0, 0.1) is 0 Å². The summed E-state index contributed by atoms with van der Waals surface area (Å²) in [5.74, 6) is 0.688. The van der Waals surface area contributed by atoms with Gasteiger partial charge in [-0.05, 0) is 68.8 Å². The predicted molar refractivity (Wildman–Crippen MR) is 228 cm³/mol. The van der Waals surface area contributed by atoms with Gasteiger partial charge in [0.15, 0.2) is 5.82 Å². The van der Waals surface area contributed by atoms with Crippen molar-refractivity contribution in [3.05, 3.63) is 229 Å². The first-order chi connectivity index (χ1) is 27.8. The zero-order chi connectivity index (χ0) is 37.1. The average Bonchev–Trinajstić information content (AvgIpc) is 3.80. The molecule has 0 bridgehead atoms. The topological polar surface area (TPSA) is 38.9 Å². The highest BCUT2D eigenvalue weighted by atomic mass is 16.3. The first kappa shape index (κ1) is 32.1. The maximum Gasteiger partial charge on any atom is 0.160 e. The van der Waals surface area contributed by atoms with Crippen LogP contribution in [0.2, 0.25) is 0 Å². The molecule has 0 saturated heterocycles. The Balaban J connectivity index is 1.07. The molecule has 3 nitrogen and oxygen atoms in total. The lowest BCUT2D eigenvalue weighted by molar-refractivity contribution is 0.669. The van der Waals surface area contributed by atoms with Crippen LogP contribution in [-0.2, 0) is 5.41 Å². The fourth-order valence-corrected chi connectivity index (χ4v) is 8.90. The van der Waals surface area contributed by atoms with Gasteiger partial charge in [-0.1, -0.05) is 182 Å². The van der Waals surface area contributed by atoms with E-state index in [9.17, 15) is 0 Å². The number of hydrogen-bond donors (Lipinski definition) is 0. The lowest BCUT2D eigenvalue weighted by atomic mass is 9.67. The minimum absolute atomic E-state index is 0.459. The number of fused-ring (bicyclic) bond motifs is 6. The van der Waals surface area contributed by atoms with Gasteiger partial charge in [-0.3, -0.25) is 0 Å². The summed E-state index contributed by atoms with van der Waals surface area (Å²) in [4.78, 5) is 10.5. The summed E-state index contributed by atoms with van der Waals surface area (Å²) in [5, 5.41) is 2.21. The molecular weight excluding hydrogens is 681 g/mol. The van der Waals surface area contributed by atoms with Crippen LogP contribution in [0.15, 0.2) is 211 Å². The third-order valence-electron chi connectivity index (χ3n) is 11.4. The SMILES string of the molecule is c1ccc(-c2nc(-c3ccc(C4(c5ccccc5)c5ccccc5-c5ccccc54)cc3)cc(-c3ccccc3-c3ccc4oc5ccccc5c4c3)n2)cc1. The highest BCUT2D eigenvalue weighted by molar-refractivity contribution is 6.06. The van der Waals surface area contributed by atoms with Crippen molar-refractivity contribution in [1.82, 2.24) is 9.97 Å². The number of aromatic nitrogens is 2. The van der Waals surface area contributed by atoms with Crippen molar-refractivity contribution in [3.63, 3.8) is 0 Å². The van der Waals surface area contributed by atoms with Crippen LogP contribution in [0.1, 0.15) is 22.3 Å². The molecule has 1 aliphatic rings. The Kier molecular flexibility index (Phi) is 7.39. The molecule has 2 aromatic heterocycles. The Hall–Kier alpha value is -7.36. The van der Waals surface area contributed by atoms with E-state index in [0.717, 1.165) is 61.1 Å². The van der Waals surface area contributed by atoms with Crippen LogP contribution in [0.5, 0.6) is 0 Å². The lowest BCUT2D eigenvalue weighted by Crippen LogP contribution is -2.28. The van der Waals surface area contributed by atoms with Crippen molar-refractivity contribution in [2.75, 3.05) is 0 Å². The molecule has 0 spiro atoms. The van der Waals surface area contributed by atoms with Crippen LogP contribution in [0.3, 0.4) is 0 Å². The Morgan fingerprint density at radius 3 is 1.61 bits per heavy atom. The van der Waals surface area contributed by atoms with Crippen molar-refractivity contribution in [2.45, 2.75) is 5.41 Å². The molecule has 0 saturated carbocycles.